The smallest absolute Gasteiger partial charge is 0.264 e. The van der Waals surface area contributed by atoms with E-state index >= 15 is 0 Å². The molecule has 334 valence electrons. The largest absolute Gasteiger partial charge is 0.356 e. The van der Waals surface area contributed by atoms with Crippen molar-refractivity contribution in [3.63, 3.8) is 0 Å². The average Bonchev–Trinajstić information content (AvgIpc) is 3.17. The third kappa shape index (κ3) is 39.7. The summed E-state index contributed by atoms with van der Waals surface area (Å²) in [5.74, 6) is 1.97. The van der Waals surface area contributed by atoms with Crippen LogP contribution in [0.3, 0.4) is 0 Å². The molecule has 2 amide bonds. The van der Waals surface area contributed by atoms with Crippen LogP contribution in [0.4, 0.5) is 0 Å². The Labute approximate surface area is 349 Å². The van der Waals surface area contributed by atoms with Crippen LogP contribution in [-0.4, -0.2) is 46.2 Å². The summed E-state index contributed by atoms with van der Waals surface area (Å²) in [6, 6.07) is 0. The van der Waals surface area contributed by atoms with E-state index in [2.05, 4.69) is 38.3 Å². The van der Waals surface area contributed by atoms with Gasteiger partial charge >= 0.3 is 0 Å². The second-order valence-electron chi connectivity index (χ2n) is 17.5. The molecule has 0 heterocycles. The molecule has 0 saturated carbocycles. The van der Waals surface area contributed by atoms with Crippen molar-refractivity contribution in [2.75, 3.05) is 26.0 Å². The van der Waals surface area contributed by atoms with Gasteiger partial charge in [0.05, 0.1) is 12.9 Å². The summed E-state index contributed by atoms with van der Waals surface area (Å²) in [5.41, 5.74) is 0. The van der Waals surface area contributed by atoms with E-state index in [0.29, 0.717) is 30.6 Å². The molecule has 2 N–H and O–H groups in total. The second-order valence-corrected chi connectivity index (χ2v) is 19.2. The van der Waals surface area contributed by atoms with Gasteiger partial charge in [-0.05, 0) is 62.7 Å². The molecule has 0 aromatic heterocycles. The minimum atomic E-state index is -3.45. The van der Waals surface area contributed by atoms with Gasteiger partial charge in [-0.15, -0.1) is 0 Å². The van der Waals surface area contributed by atoms with Gasteiger partial charge in [-0.1, -0.05) is 195 Å². The Balaban J connectivity index is 4.56. The summed E-state index contributed by atoms with van der Waals surface area (Å²) in [7, 11) is -3.45. The van der Waals surface area contributed by atoms with Crippen molar-refractivity contribution in [1.29, 1.82) is 0 Å². The third-order valence-corrected chi connectivity index (χ3v) is 12.5. The molecule has 0 aliphatic carbocycles. The van der Waals surface area contributed by atoms with E-state index in [1.165, 1.54) is 154 Å². The van der Waals surface area contributed by atoms with Crippen LogP contribution in [0, 0.1) is 17.8 Å². The Kier molecular flexibility index (Phi) is 39.8. The highest BCUT2D eigenvalue weighted by molar-refractivity contribution is 7.85. The molecule has 0 aliphatic rings. The maximum atomic E-state index is 12.8. The Bertz CT molecular complexity index is 917. The first-order chi connectivity index (χ1) is 27.1. The van der Waals surface area contributed by atoms with Crippen LogP contribution in [0.15, 0.2) is 0 Å². The predicted molar refractivity (Wildman–Crippen MR) is 242 cm³/mol. The number of amides is 2. The summed E-state index contributed by atoms with van der Waals surface area (Å²) in [6.07, 6.45) is 42.0. The van der Waals surface area contributed by atoms with E-state index in [9.17, 15) is 18.0 Å². The fraction of sp³-hybridized carbons (Fsp3) is 0.958. The van der Waals surface area contributed by atoms with Crippen LogP contribution in [0.2, 0.25) is 0 Å². The fourth-order valence-electron chi connectivity index (χ4n) is 8.13. The van der Waals surface area contributed by atoms with E-state index in [-0.39, 0.29) is 18.4 Å². The van der Waals surface area contributed by atoms with Crippen LogP contribution in [-0.2, 0) is 23.9 Å². The van der Waals surface area contributed by atoms with E-state index in [1.807, 2.05) is 0 Å². The lowest BCUT2D eigenvalue weighted by Crippen LogP contribution is -2.29. The Morgan fingerprint density at radius 3 is 1.04 bits per heavy atom. The van der Waals surface area contributed by atoms with Crippen molar-refractivity contribution in [2.24, 2.45) is 17.8 Å². The van der Waals surface area contributed by atoms with Gasteiger partial charge < -0.3 is 10.6 Å². The van der Waals surface area contributed by atoms with Gasteiger partial charge in [0.15, 0.2) is 0 Å². The van der Waals surface area contributed by atoms with Crippen LogP contribution in [0.5, 0.6) is 0 Å². The zero-order chi connectivity index (χ0) is 41.4. The van der Waals surface area contributed by atoms with Crippen molar-refractivity contribution in [3.05, 3.63) is 0 Å². The lowest BCUT2D eigenvalue weighted by Gasteiger charge is -2.18. The first-order valence-electron chi connectivity index (χ1n) is 24.5. The van der Waals surface area contributed by atoms with Gasteiger partial charge in [-0.25, -0.2) is 0 Å². The number of hydrogen-bond acceptors (Lipinski definition) is 5. The third-order valence-electron chi connectivity index (χ3n) is 11.9. The zero-order valence-electron chi connectivity index (χ0n) is 38.1. The summed E-state index contributed by atoms with van der Waals surface area (Å²) in [4.78, 5) is 25.5. The number of nitrogens with one attached hydrogen (secondary N) is 2. The Morgan fingerprint density at radius 2 is 0.696 bits per heavy atom. The van der Waals surface area contributed by atoms with E-state index in [0.717, 1.165) is 77.1 Å². The molecule has 0 spiro atoms. The highest BCUT2D eigenvalue weighted by atomic mass is 32.2. The van der Waals surface area contributed by atoms with Crippen molar-refractivity contribution in [3.8, 4) is 0 Å². The minimum absolute atomic E-state index is 0.189. The SMILES string of the molecule is CCCCCCCCC(CCCCCC)CNC(=O)CCCCCC(CCCCCC(=O)NCC(CCCCCC)CCCCCCCC)CCOS(C)(=O)=O. The summed E-state index contributed by atoms with van der Waals surface area (Å²) < 4.78 is 28.3. The van der Waals surface area contributed by atoms with Gasteiger partial charge in [0, 0.05) is 25.9 Å². The first-order valence-corrected chi connectivity index (χ1v) is 26.3. The summed E-state index contributed by atoms with van der Waals surface area (Å²) in [5, 5.41) is 6.55. The van der Waals surface area contributed by atoms with Gasteiger partial charge in [-0.2, -0.15) is 8.42 Å². The molecular weight excluding hydrogens is 717 g/mol. The molecule has 0 bridgehead atoms. The molecule has 0 aliphatic heterocycles. The molecule has 0 aromatic rings. The molecule has 8 heteroatoms. The lowest BCUT2D eigenvalue weighted by molar-refractivity contribution is -0.122. The molecule has 0 rings (SSSR count). The maximum absolute atomic E-state index is 12.8. The number of carbonyl (C=O) groups excluding carboxylic acids is 2. The molecule has 0 aromatic carbocycles. The predicted octanol–water partition coefficient (Wildman–Crippen LogP) is 13.8. The first kappa shape index (κ1) is 54.9. The molecule has 56 heavy (non-hydrogen) atoms. The van der Waals surface area contributed by atoms with E-state index in [1.54, 1.807) is 0 Å². The number of unbranched alkanes of at least 4 members (excludes halogenated alkanes) is 20. The molecule has 0 radical (unpaired) electrons. The van der Waals surface area contributed by atoms with Crippen LogP contribution >= 0.6 is 0 Å². The summed E-state index contributed by atoms with van der Waals surface area (Å²) in [6.45, 7) is 10.9. The second kappa shape index (κ2) is 40.6. The molecule has 0 fully saturated rings. The van der Waals surface area contributed by atoms with E-state index < -0.39 is 10.1 Å². The monoisotopic (exact) mass is 813 g/mol. The van der Waals surface area contributed by atoms with Gasteiger partial charge in [0.2, 0.25) is 11.8 Å². The maximum Gasteiger partial charge on any atom is 0.264 e. The van der Waals surface area contributed by atoms with E-state index in [4.69, 9.17) is 4.18 Å². The quantitative estimate of drug-likeness (QED) is 0.0471. The highest BCUT2D eigenvalue weighted by Gasteiger charge is 2.14. The van der Waals surface area contributed by atoms with Crippen LogP contribution in [0.25, 0.3) is 0 Å². The number of carbonyl (C=O) groups is 2. The molecule has 2 unspecified atom stereocenters. The molecular formula is C48H96N2O5S. The average molecular weight is 813 g/mol. The molecule has 2 atom stereocenters. The fourth-order valence-corrected chi connectivity index (χ4v) is 8.53. The number of rotatable bonds is 44. The number of hydrogen-bond donors (Lipinski definition) is 2. The van der Waals surface area contributed by atoms with Crippen molar-refractivity contribution < 1.29 is 22.2 Å². The van der Waals surface area contributed by atoms with Crippen LogP contribution in [0.1, 0.15) is 252 Å². The topological polar surface area (TPSA) is 102 Å². The van der Waals surface area contributed by atoms with Gasteiger partial charge in [-0.3, -0.25) is 13.8 Å². The highest BCUT2D eigenvalue weighted by Crippen LogP contribution is 2.23. The Hall–Kier alpha value is -1.15. The van der Waals surface area contributed by atoms with Crippen molar-refractivity contribution in [2.45, 2.75) is 252 Å². The zero-order valence-corrected chi connectivity index (χ0v) is 38.9. The van der Waals surface area contributed by atoms with Gasteiger partial charge in [0.1, 0.15) is 0 Å². The van der Waals surface area contributed by atoms with Crippen molar-refractivity contribution in [1.82, 2.24) is 10.6 Å². The Morgan fingerprint density at radius 1 is 0.411 bits per heavy atom. The van der Waals surface area contributed by atoms with Crippen LogP contribution < -0.4 is 10.6 Å². The summed E-state index contributed by atoms with van der Waals surface area (Å²) >= 11 is 0. The minimum Gasteiger partial charge on any atom is -0.356 e. The standard InChI is InChI=1S/C48H96N2O5S/c1-6-10-14-18-20-26-36-45(34-24-16-12-8-3)42-49-47(51)38-30-22-28-32-44(40-41-55-56(5,53)54)33-29-23-31-39-48(52)50-43-46(35-25-17-13-9-4)37-27-21-19-15-11-7-2/h44-46H,6-43H2,1-5H3,(H,49,51)(H,50,52). The molecule has 0 saturated heterocycles. The van der Waals surface area contributed by atoms with Gasteiger partial charge in [0.25, 0.3) is 10.1 Å². The van der Waals surface area contributed by atoms with Crippen molar-refractivity contribution >= 4 is 21.9 Å². The normalized spacial score (nSPS) is 13.4. The lowest BCUT2D eigenvalue weighted by atomic mass is 9.92. The molecule has 7 nitrogen and oxygen atoms in total.